The molecule has 0 radical (unpaired) electrons. The van der Waals surface area contributed by atoms with E-state index < -0.39 is 0 Å². The van der Waals surface area contributed by atoms with Crippen molar-refractivity contribution < 1.29 is 4.79 Å². The van der Waals surface area contributed by atoms with Crippen LogP contribution in [0.3, 0.4) is 0 Å². The van der Waals surface area contributed by atoms with Crippen molar-refractivity contribution in [2.75, 3.05) is 0 Å². The van der Waals surface area contributed by atoms with Crippen LogP contribution >= 0.6 is 12.2 Å². The van der Waals surface area contributed by atoms with Crippen LogP contribution in [0.1, 0.15) is 25.8 Å². The van der Waals surface area contributed by atoms with Gasteiger partial charge in [0, 0.05) is 6.92 Å². The molecule has 0 fully saturated rings. The van der Waals surface area contributed by atoms with Crippen molar-refractivity contribution >= 4 is 28.9 Å². The van der Waals surface area contributed by atoms with Crippen LogP contribution in [0.15, 0.2) is 35.4 Å². The van der Waals surface area contributed by atoms with E-state index in [0.29, 0.717) is 0 Å². The molecule has 2 N–H and O–H groups in total. The maximum absolute atomic E-state index is 10.8. The Morgan fingerprint density at radius 2 is 2.00 bits per heavy atom. The van der Waals surface area contributed by atoms with Gasteiger partial charge >= 0.3 is 0 Å². The second-order valence-electron chi connectivity index (χ2n) is 3.40. The Morgan fingerprint density at radius 1 is 1.35 bits per heavy atom. The van der Waals surface area contributed by atoms with Crippen molar-refractivity contribution in [1.82, 2.24) is 10.7 Å². The van der Waals surface area contributed by atoms with Crippen LogP contribution in [0.5, 0.6) is 0 Å². The highest BCUT2D eigenvalue weighted by atomic mass is 32.1. The maximum Gasteiger partial charge on any atom is 0.223 e. The zero-order chi connectivity index (χ0) is 12.7. The minimum Gasteiger partial charge on any atom is -0.302 e. The van der Waals surface area contributed by atoms with E-state index in [9.17, 15) is 4.79 Å². The zero-order valence-corrected chi connectivity index (χ0v) is 10.7. The highest BCUT2D eigenvalue weighted by Crippen LogP contribution is 2.03. The molecule has 0 spiro atoms. The predicted molar refractivity (Wildman–Crippen MR) is 72.8 cm³/mol. The van der Waals surface area contributed by atoms with Gasteiger partial charge in [0.25, 0.3) is 0 Å². The fourth-order valence-corrected chi connectivity index (χ4v) is 1.47. The van der Waals surface area contributed by atoms with Gasteiger partial charge in [-0.05, 0) is 24.2 Å². The molecule has 1 amide bonds. The van der Waals surface area contributed by atoms with Gasteiger partial charge in [-0.25, -0.2) is 0 Å². The third-order valence-corrected chi connectivity index (χ3v) is 2.22. The molecule has 0 unspecified atom stereocenters. The molecule has 0 aromatic heterocycles. The molecule has 0 saturated heterocycles. The lowest BCUT2D eigenvalue weighted by molar-refractivity contribution is -0.117. The molecule has 1 aromatic carbocycles. The van der Waals surface area contributed by atoms with Crippen molar-refractivity contribution in [1.29, 1.82) is 0 Å². The first-order chi connectivity index (χ1) is 8.13. The summed E-state index contributed by atoms with van der Waals surface area (Å²) in [7, 11) is 0. The van der Waals surface area contributed by atoms with E-state index in [4.69, 9.17) is 12.2 Å². The summed E-state index contributed by atoms with van der Waals surface area (Å²) in [5.74, 6) is -0.213. The molecule has 1 aromatic rings. The first-order valence-corrected chi connectivity index (χ1v) is 5.74. The number of nitrogens with one attached hydrogen (secondary N) is 2. The molecule has 0 aliphatic heterocycles. The molecule has 90 valence electrons. The van der Waals surface area contributed by atoms with Crippen LogP contribution in [0.25, 0.3) is 0 Å². The molecule has 0 saturated carbocycles. The standard InChI is InChI=1S/C12H15N3OS/c1-3-11(10-7-5-4-6-8-10)14-15-12(17)13-9(2)16/h4-8H,3H2,1-2H3,(H2,13,15,16,17). The van der Waals surface area contributed by atoms with Gasteiger partial charge in [0.15, 0.2) is 5.11 Å². The van der Waals surface area contributed by atoms with Gasteiger partial charge in [0.2, 0.25) is 5.91 Å². The maximum atomic E-state index is 10.8. The molecular formula is C12H15N3OS. The van der Waals surface area contributed by atoms with Gasteiger partial charge < -0.3 is 5.32 Å². The highest BCUT2D eigenvalue weighted by Gasteiger charge is 2.01. The molecule has 0 heterocycles. The summed E-state index contributed by atoms with van der Waals surface area (Å²) < 4.78 is 0. The van der Waals surface area contributed by atoms with Crippen LogP contribution in [-0.2, 0) is 4.79 Å². The van der Waals surface area contributed by atoms with E-state index in [1.165, 1.54) is 6.92 Å². The highest BCUT2D eigenvalue weighted by molar-refractivity contribution is 7.80. The van der Waals surface area contributed by atoms with E-state index >= 15 is 0 Å². The van der Waals surface area contributed by atoms with Gasteiger partial charge in [-0.1, -0.05) is 37.3 Å². The Hall–Kier alpha value is -1.75. The van der Waals surface area contributed by atoms with Gasteiger partial charge in [-0.2, -0.15) is 5.10 Å². The number of carbonyl (C=O) groups excluding carboxylic acids is 1. The van der Waals surface area contributed by atoms with E-state index in [1.807, 2.05) is 37.3 Å². The molecule has 0 aliphatic carbocycles. The lowest BCUT2D eigenvalue weighted by atomic mass is 10.1. The van der Waals surface area contributed by atoms with E-state index in [1.54, 1.807) is 0 Å². The van der Waals surface area contributed by atoms with E-state index in [-0.39, 0.29) is 11.0 Å². The monoisotopic (exact) mass is 249 g/mol. The minimum absolute atomic E-state index is 0.208. The van der Waals surface area contributed by atoms with Gasteiger partial charge in [-0.3, -0.25) is 10.2 Å². The number of hydrogen-bond donors (Lipinski definition) is 2. The van der Waals surface area contributed by atoms with Crippen molar-refractivity contribution in [3.63, 3.8) is 0 Å². The Morgan fingerprint density at radius 3 is 2.53 bits per heavy atom. The van der Waals surface area contributed by atoms with Crippen LogP contribution in [0.2, 0.25) is 0 Å². The lowest BCUT2D eigenvalue weighted by Crippen LogP contribution is -2.35. The number of carbonyl (C=O) groups is 1. The summed E-state index contributed by atoms with van der Waals surface area (Å²) in [6, 6.07) is 9.81. The third kappa shape index (κ3) is 4.74. The summed E-state index contributed by atoms with van der Waals surface area (Å²) in [5.41, 5.74) is 4.57. The fourth-order valence-electron chi connectivity index (χ4n) is 1.28. The third-order valence-electron chi connectivity index (χ3n) is 2.02. The Bertz CT molecular complexity index is 429. The second kappa shape index (κ2) is 6.75. The Labute approximate surface area is 106 Å². The number of rotatable bonds is 3. The van der Waals surface area contributed by atoms with Gasteiger partial charge in [-0.15, -0.1) is 0 Å². The van der Waals surface area contributed by atoms with Crippen LogP contribution < -0.4 is 10.7 Å². The first-order valence-electron chi connectivity index (χ1n) is 5.33. The smallest absolute Gasteiger partial charge is 0.223 e. The summed E-state index contributed by atoms with van der Waals surface area (Å²) in [6.07, 6.45) is 0.777. The average molecular weight is 249 g/mol. The number of thiocarbonyl (C=S) groups is 1. The second-order valence-corrected chi connectivity index (χ2v) is 3.81. The summed E-state index contributed by atoms with van der Waals surface area (Å²) in [5, 5.41) is 6.83. The summed E-state index contributed by atoms with van der Waals surface area (Å²) in [4.78, 5) is 10.8. The number of nitrogens with zero attached hydrogens (tertiary/aromatic N) is 1. The van der Waals surface area contributed by atoms with Crippen LogP contribution in [0.4, 0.5) is 0 Å². The predicted octanol–water partition coefficient (Wildman–Crippen LogP) is 1.81. The summed E-state index contributed by atoms with van der Waals surface area (Å²) >= 11 is 4.90. The number of amides is 1. The molecule has 1 rings (SSSR count). The molecule has 5 heteroatoms. The van der Waals surface area contributed by atoms with Crippen molar-refractivity contribution in [2.45, 2.75) is 20.3 Å². The minimum atomic E-state index is -0.213. The van der Waals surface area contributed by atoms with E-state index in [2.05, 4.69) is 15.8 Å². The summed E-state index contributed by atoms with van der Waals surface area (Å²) in [6.45, 7) is 3.41. The molecule has 0 bridgehead atoms. The Kier molecular flexibility index (Phi) is 5.29. The molecule has 17 heavy (non-hydrogen) atoms. The van der Waals surface area contributed by atoms with Gasteiger partial charge in [0.1, 0.15) is 0 Å². The topological polar surface area (TPSA) is 53.5 Å². The number of hydrazone groups is 1. The number of benzene rings is 1. The average Bonchev–Trinajstić information content (AvgIpc) is 2.30. The largest absolute Gasteiger partial charge is 0.302 e. The molecule has 0 atom stereocenters. The lowest BCUT2D eigenvalue weighted by Gasteiger charge is -2.06. The van der Waals surface area contributed by atoms with Crippen LogP contribution in [0, 0.1) is 0 Å². The van der Waals surface area contributed by atoms with Crippen molar-refractivity contribution in [3.8, 4) is 0 Å². The van der Waals surface area contributed by atoms with Crippen LogP contribution in [-0.4, -0.2) is 16.7 Å². The van der Waals surface area contributed by atoms with Crippen molar-refractivity contribution in [3.05, 3.63) is 35.9 Å². The number of hydrogen-bond acceptors (Lipinski definition) is 3. The molecule has 4 nitrogen and oxygen atoms in total. The fraction of sp³-hybridized carbons (Fsp3) is 0.250. The Balaban J connectivity index is 2.69. The quantitative estimate of drug-likeness (QED) is 0.488. The zero-order valence-electron chi connectivity index (χ0n) is 9.86. The van der Waals surface area contributed by atoms with E-state index in [0.717, 1.165) is 17.7 Å². The normalized spacial score (nSPS) is 10.8. The van der Waals surface area contributed by atoms with Crippen molar-refractivity contribution in [2.24, 2.45) is 5.10 Å². The SMILES string of the molecule is CCC(=NNC(=S)NC(C)=O)c1ccccc1. The molecular weight excluding hydrogens is 234 g/mol. The van der Waals surface area contributed by atoms with Gasteiger partial charge in [0.05, 0.1) is 5.71 Å². The first kappa shape index (κ1) is 13.3. The molecule has 0 aliphatic rings.